The van der Waals surface area contributed by atoms with Gasteiger partial charge >= 0.3 is 11.9 Å². The van der Waals surface area contributed by atoms with Gasteiger partial charge in [0.1, 0.15) is 5.75 Å². The number of methoxy groups -OCH3 is 1. The van der Waals surface area contributed by atoms with Gasteiger partial charge in [-0.05, 0) is 41.8 Å². The van der Waals surface area contributed by atoms with Crippen LogP contribution in [0.5, 0.6) is 5.75 Å². The van der Waals surface area contributed by atoms with Crippen molar-refractivity contribution in [2.75, 3.05) is 7.11 Å². The van der Waals surface area contributed by atoms with E-state index in [4.69, 9.17) is 49.4 Å². The van der Waals surface area contributed by atoms with E-state index in [-0.39, 0.29) is 6.42 Å². The normalized spacial score (nSPS) is 13.0. The first-order chi connectivity index (χ1) is 13.2. The lowest BCUT2D eigenvalue weighted by Gasteiger charge is -2.17. The molecule has 0 aliphatic rings. The summed E-state index contributed by atoms with van der Waals surface area (Å²) in [6.07, 6.45) is -0.696. The van der Waals surface area contributed by atoms with E-state index < -0.39 is 24.0 Å². The van der Waals surface area contributed by atoms with Crippen LogP contribution in [-0.4, -0.2) is 30.3 Å². The first-order valence-electron chi connectivity index (χ1n) is 8.41. The van der Waals surface area contributed by atoms with Crippen molar-refractivity contribution in [3.63, 3.8) is 0 Å². The second kappa shape index (κ2) is 10.1. The zero-order chi connectivity index (χ0) is 20.8. The minimum Gasteiger partial charge on any atom is -0.479 e. The summed E-state index contributed by atoms with van der Waals surface area (Å²) in [6.45, 7) is 1.58. The van der Waals surface area contributed by atoms with Crippen molar-refractivity contribution in [3.05, 3.63) is 62.6 Å². The number of aliphatic carboxylic acids is 1. The molecule has 0 heterocycles. The summed E-state index contributed by atoms with van der Waals surface area (Å²) in [7, 11) is 1.28. The third-order valence-electron chi connectivity index (χ3n) is 4.17. The van der Waals surface area contributed by atoms with Crippen molar-refractivity contribution in [1.82, 2.24) is 0 Å². The smallest absolute Gasteiger partial charge is 0.332 e. The minimum absolute atomic E-state index is 0.0103. The molecular weight excluding hydrogens is 427 g/mol. The molecular formula is C20H19Cl3O5. The molecule has 28 heavy (non-hydrogen) atoms. The van der Waals surface area contributed by atoms with Crippen LogP contribution < -0.4 is 4.74 Å². The molecule has 0 aromatic heterocycles. The Hall–Kier alpha value is -1.79. The molecule has 0 bridgehead atoms. The van der Waals surface area contributed by atoms with Gasteiger partial charge in [-0.3, -0.25) is 4.79 Å². The molecule has 0 unspecified atom stereocenters. The molecule has 2 aromatic carbocycles. The van der Waals surface area contributed by atoms with Crippen molar-refractivity contribution in [2.45, 2.75) is 25.9 Å². The summed E-state index contributed by atoms with van der Waals surface area (Å²) in [6, 6.07) is 10.1. The van der Waals surface area contributed by atoms with Crippen LogP contribution in [-0.2, 0) is 20.7 Å². The van der Waals surface area contributed by atoms with E-state index in [9.17, 15) is 9.59 Å². The molecule has 8 heteroatoms. The second-order valence-corrected chi connectivity index (χ2v) is 7.57. The number of rotatable bonds is 8. The maximum Gasteiger partial charge on any atom is 0.332 e. The monoisotopic (exact) mass is 444 g/mol. The molecule has 2 aromatic rings. The maximum atomic E-state index is 12.5. The quantitative estimate of drug-likeness (QED) is 0.443. The molecule has 2 rings (SSSR count). The van der Waals surface area contributed by atoms with Gasteiger partial charge in [0.2, 0.25) is 0 Å². The van der Waals surface area contributed by atoms with E-state index in [0.29, 0.717) is 32.8 Å². The van der Waals surface area contributed by atoms with Gasteiger partial charge in [0, 0.05) is 28.6 Å². The van der Waals surface area contributed by atoms with Gasteiger partial charge in [0.05, 0.1) is 5.92 Å². The lowest BCUT2D eigenvalue weighted by molar-refractivity contribution is -0.151. The number of hydrogen-bond acceptors (Lipinski definition) is 4. The Morgan fingerprint density at radius 2 is 1.64 bits per heavy atom. The van der Waals surface area contributed by atoms with E-state index in [1.807, 2.05) is 0 Å². The van der Waals surface area contributed by atoms with Crippen LogP contribution in [0.4, 0.5) is 0 Å². The molecule has 0 radical (unpaired) electrons. The van der Waals surface area contributed by atoms with Crippen LogP contribution in [0, 0.1) is 5.92 Å². The molecule has 0 amide bonds. The van der Waals surface area contributed by atoms with Crippen molar-refractivity contribution >= 4 is 46.7 Å². The highest BCUT2D eigenvalue weighted by Crippen LogP contribution is 2.30. The lowest BCUT2D eigenvalue weighted by Crippen LogP contribution is -2.29. The molecule has 0 saturated heterocycles. The largest absolute Gasteiger partial charge is 0.479 e. The Bertz CT molecular complexity index is 869. The summed E-state index contributed by atoms with van der Waals surface area (Å²) in [5, 5.41) is 10.5. The summed E-state index contributed by atoms with van der Waals surface area (Å²) < 4.78 is 10.4. The van der Waals surface area contributed by atoms with Gasteiger partial charge in [-0.25, -0.2) is 4.79 Å². The van der Waals surface area contributed by atoms with E-state index >= 15 is 0 Å². The lowest BCUT2D eigenvalue weighted by atomic mass is 10.0. The van der Waals surface area contributed by atoms with E-state index in [0.717, 1.165) is 5.56 Å². The fourth-order valence-electron chi connectivity index (χ4n) is 2.56. The second-order valence-electron chi connectivity index (χ2n) is 6.28. The average molecular weight is 446 g/mol. The summed E-state index contributed by atoms with van der Waals surface area (Å²) in [5.74, 6) is -2.11. The van der Waals surface area contributed by atoms with Crippen molar-refractivity contribution in [1.29, 1.82) is 0 Å². The number of carboxylic acid groups (broad SMARTS) is 1. The molecule has 0 aliphatic carbocycles. The summed E-state index contributed by atoms with van der Waals surface area (Å²) in [5.41, 5.74) is 1.51. The highest BCUT2D eigenvalue weighted by molar-refractivity contribution is 6.35. The number of carbonyl (C=O) groups is 2. The topological polar surface area (TPSA) is 72.8 Å². The fourth-order valence-corrected chi connectivity index (χ4v) is 3.20. The van der Waals surface area contributed by atoms with Gasteiger partial charge in [-0.15, -0.1) is 0 Å². The average Bonchev–Trinajstić information content (AvgIpc) is 2.63. The van der Waals surface area contributed by atoms with Gasteiger partial charge in [-0.2, -0.15) is 0 Å². The standard InChI is InChI=1S/C20H19Cl3O5/c1-11(7-18(27-2)19(24)25)20(26)28-17-10-15(22)6-4-13(17)8-12-3-5-14(21)9-16(12)23/h3-6,9-11,18H,7-8H2,1-2H3,(H,24,25)/t11-,18-/m0/s1. The third kappa shape index (κ3) is 6.11. The molecule has 0 spiro atoms. The summed E-state index contributed by atoms with van der Waals surface area (Å²) >= 11 is 18.2. The minimum atomic E-state index is -1.14. The van der Waals surface area contributed by atoms with Crippen molar-refractivity contribution in [3.8, 4) is 5.75 Å². The van der Waals surface area contributed by atoms with Crippen molar-refractivity contribution in [2.24, 2.45) is 5.92 Å². The zero-order valence-corrected chi connectivity index (χ0v) is 17.5. The van der Waals surface area contributed by atoms with Crippen LogP contribution >= 0.6 is 34.8 Å². The first-order valence-corrected chi connectivity index (χ1v) is 9.54. The Labute approximate surface area is 178 Å². The predicted octanol–water partition coefficient (Wildman–Crippen LogP) is 5.27. The van der Waals surface area contributed by atoms with Crippen LogP contribution in [0.15, 0.2) is 36.4 Å². The van der Waals surface area contributed by atoms with Crippen LogP contribution in [0.3, 0.4) is 0 Å². The molecule has 0 aliphatic heterocycles. The highest BCUT2D eigenvalue weighted by atomic mass is 35.5. The third-order valence-corrected chi connectivity index (χ3v) is 4.99. The van der Waals surface area contributed by atoms with Crippen LogP contribution in [0.25, 0.3) is 0 Å². The number of ether oxygens (including phenoxy) is 2. The van der Waals surface area contributed by atoms with Gasteiger partial charge in [0.25, 0.3) is 0 Å². The number of esters is 1. The molecule has 0 saturated carbocycles. The van der Waals surface area contributed by atoms with Gasteiger partial charge in [0.15, 0.2) is 6.10 Å². The fraction of sp³-hybridized carbons (Fsp3) is 0.300. The number of hydrogen-bond donors (Lipinski definition) is 1. The molecule has 150 valence electrons. The van der Waals surface area contributed by atoms with Crippen LogP contribution in [0.2, 0.25) is 15.1 Å². The molecule has 2 atom stereocenters. The Kier molecular flexibility index (Phi) is 8.13. The van der Waals surface area contributed by atoms with E-state index in [1.54, 1.807) is 37.3 Å². The molecule has 1 N–H and O–H groups in total. The van der Waals surface area contributed by atoms with E-state index in [1.165, 1.54) is 13.2 Å². The highest BCUT2D eigenvalue weighted by Gasteiger charge is 2.26. The molecule has 5 nitrogen and oxygen atoms in total. The maximum absolute atomic E-state index is 12.5. The number of halogens is 3. The number of benzene rings is 2. The Morgan fingerprint density at radius 3 is 2.21 bits per heavy atom. The molecule has 0 fully saturated rings. The Balaban J connectivity index is 2.19. The van der Waals surface area contributed by atoms with Gasteiger partial charge in [-0.1, -0.05) is 53.9 Å². The Morgan fingerprint density at radius 1 is 1.04 bits per heavy atom. The van der Waals surface area contributed by atoms with Crippen molar-refractivity contribution < 1.29 is 24.2 Å². The SMILES string of the molecule is CO[C@@H](C[C@H](C)C(=O)Oc1cc(Cl)ccc1Cc1ccc(Cl)cc1Cl)C(=O)O. The predicted molar refractivity (Wildman–Crippen MR) is 109 cm³/mol. The summed E-state index contributed by atoms with van der Waals surface area (Å²) in [4.78, 5) is 23.5. The van der Waals surface area contributed by atoms with Crippen LogP contribution in [0.1, 0.15) is 24.5 Å². The van der Waals surface area contributed by atoms with E-state index in [2.05, 4.69) is 0 Å². The first kappa shape index (κ1) is 22.5. The zero-order valence-electron chi connectivity index (χ0n) is 15.2. The number of carbonyl (C=O) groups excluding carboxylic acids is 1. The van der Waals surface area contributed by atoms with Gasteiger partial charge < -0.3 is 14.6 Å². The number of carboxylic acids is 1.